The van der Waals surface area contributed by atoms with Gasteiger partial charge in [0.25, 0.3) is 0 Å². The minimum Gasteiger partial charge on any atom is -0.446 e. The number of nitrogens with zero attached hydrogens (tertiary/aromatic N) is 1. The van der Waals surface area contributed by atoms with Gasteiger partial charge in [0.2, 0.25) is 0 Å². The predicted octanol–water partition coefficient (Wildman–Crippen LogP) is 4.38. The molecule has 0 N–H and O–H groups in total. The number of rotatable bonds is 1. The smallest absolute Gasteiger partial charge is 0.418 e. The second kappa shape index (κ2) is 5.47. The second-order valence-electron chi connectivity index (χ2n) is 6.21. The number of allylic oxidation sites excluding steroid dienone is 4. The van der Waals surface area contributed by atoms with Crippen LogP contribution >= 0.6 is 0 Å². The first-order chi connectivity index (χ1) is 9.66. The molecule has 1 aliphatic heterocycles. The van der Waals surface area contributed by atoms with Gasteiger partial charge in [-0.3, -0.25) is 4.90 Å². The minimum absolute atomic E-state index is 0.0841. The van der Waals surface area contributed by atoms with Crippen LogP contribution in [0.3, 0.4) is 0 Å². The lowest BCUT2D eigenvalue weighted by Crippen LogP contribution is -2.33. The largest absolute Gasteiger partial charge is 0.446 e. The van der Waals surface area contributed by atoms with Gasteiger partial charge in [-0.05, 0) is 63.5 Å². The molecule has 0 radical (unpaired) electrons. The minimum atomic E-state index is -0.236. The van der Waals surface area contributed by atoms with Crippen molar-refractivity contribution in [2.45, 2.75) is 52.1 Å². The maximum absolute atomic E-state index is 12.4. The SMILES string of the molecule is CC(C)OC(=O)N1C=CC=CC2CCC3CCCC3=C21. The molecule has 3 nitrogen and oxygen atoms in total. The topological polar surface area (TPSA) is 29.5 Å². The maximum Gasteiger partial charge on any atom is 0.418 e. The highest BCUT2D eigenvalue weighted by Gasteiger charge is 2.36. The van der Waals surface area contributed by atoms with E-state index in [1.807, 2.05) is 26.1 Å². The first-order valence-electron chi connectivity index (χ1n) is 7.74. The molecule has 0 bridgehead atoms. The Morgan fingerprint density at radius 3 is 2.95 bits per heavy atom. The number of hydrogen-bond acceptors (Lipinski definition) is 2. The zero-order valence-electron chi connectivity index (χ0n) is 12.3. The van der Waals surface area contributed by atoms with Crippen LogP contribution < -0.4 is 0 Å². The van der Waals surface area contributed by atoms with Gasteiger partial charge in [-0.2, -0.15) is 0 Å². The van der Waals surface area contributed by atoms with Gasteiger partial charge in [-0.1, -0.05) is 12.2 Å². The van der Waals surface area contributed by atoms with E-state index < -0.39 is 0 Å². The normalized spacial score (nSPS) is 28.4. The number of amides is 1. The van der Waals surface area contributed by atoms with E-state index >= 15 is 0 Å². The lowest BCUT2D eigenvalue weighted by molar-refractivity contribution is 0.0933. The van der Waals surface area contributed by atoms with E-state index in [9.17, 15) is 4.79 Å². The Bertz CT molecular complexity index is 487. The Hall–Kier alpha value is -1.51. The van der Waals surface area contributed by atoms with Gasteiger partial charge in [0.1, 0.15) is 0 Å². The lowest BCUT2D eigenvalue weighted by Gasteiger charge is -2.34. The Kier molecular flexibility index (Phi) is 3.68. The summed E-state index contributed by atoms with van der Waals surface area (Å²) >= 11 is 0. The zero-order chi connectivity index (χ0) is 14.1. The fraction of sp³-hybridized carbons (Fsp3) is 0.588. The summed E-state index contributed by atoms with van der Waals surface area (Å²) in [4.78, 5) is 14.2. The highest BCUT2D eigenvalue weighted by molar-refractivity contribution is 5.72. The molecule has 1 heterocycles. The summed E-state index contributed by atoms with van der Waals surface area (Å²) in [5, 5.41) is 0. The molecule has 3 rings (SSSR count). The van der Waals surface area contributed by atoms with Crippen LogP contribution in [0.25, 0.3) is 0 Å². The average molecular weight is 273 g/mol. The fourth-order valence-corrected chi connectivity index (χ4v) is 3.68. The van der Waals surface area contributed by atoms with Gasteiger partial charge in [0.05, 0.1) is 6.10 Å². The van der Waals surface area contributed by atoms with E-state index in [1.54, 1.807) is 4.90 Å². The molecule has 1 fully saturated rings. The predicted molar refractivity (Wildman–Crippen MR) is 78.8 cm³/mol. The Balaban J connectivity index is 1.97. The fourth-order valence-electron chi connectivity index (χ4n) is 3.68. The summed E-state index contributed by atoms with van der Waals surface area (Å²) in [6.45, 7) is 3.79. The zero-order valence-corrected chi connectivity index (χ0v) is 12.3. The molecule has 20 heavy (non-hydrogen) atoms. The van der Waals surface area contributed by atoms with Crippen LogP contribution in [0.15, 0.2) is 35.7 Å². The van der Waals surface area contributed by atoms with Crippen molar-refractivity contribution in [1.29, 1.82) is 0 Å². The summed E-state index contributed by atoms with van der Waals surface area (Å²) in [6, 6.07) is 0. The molecule has 108 valence electrons. The van der Waals surface area contributed by atoms with Gasteiger partial charge in [0, 0.05) is 17.8 Å². The van der Waals surface area contributed by atoms with Crippen LogP contribution in [0, 0.1) is 11.8 Å². The number of carbonyl (C=O) groups excluding carboxylic acids is 1. The standard InChI is InChI=1S/C17H23NO2/c1-12(2)20-17(19)18-11-4-3-6-14-10-9-13-7-5-8-15(13)16(14)18/h3-4,6,11-14H,5,7-10H2,1-2H3. The maximum atomic E-state index is 12.4. The van der Waals surface area contributed by atoms with Crippen molar-refractivity contribution in [2.75, 3.05) is 0 Å². The molecule has 0 aromatic heterocycles. The van der Waals surface area contributed by atoms with Crippen LogP contribution in [0.4, 0.5) is 4.79 Å². The van der Waals surface area contributed by atoms with Crippen molar-refractivity contribution in [3.8, 4) is 0 Å². The molecule has 2 unspecified atom stereocenters. The Labute approximate surface area is 121 Å². The van der Waals surface area contributed by atoms with Gasteiger partial charge < -0.3 is 4.74 Å². The van der Waals surface area contributed by atoms with Crippen molar-refractivity contribution in [1.82, 2.24) is 4.90 Å². The van der Waals surface area contributed by atoms with Gasteiger partial charge >= 0.3 is 6.09 Å². The van der Waals surface area contributed by atoms with Crippen LogP contribution in [0.1, 0.15) is 46.0 Å². The molecule has 3 aliphatic rings. The van der Waals surface area contributed by atoms with E-state index in [0.717, 1.165) is 12.8 Å². The quantitative estimate of drug-likeness (QED) is 0.709. The first-order valence-corrected chi connectivity index (χ1v) is 7.74. The van der Waals surface area contributed by atoms with Crippen molar-refractivity contribution in [3.63, 3.8) is 0 Å². The van der Waals surface area contributed by atoms with E-state index in [1.165, 1.54) is 30.5 Å². The van der Waals surface area contributed by atoms with Gasteiger partial charge in [0.15, 0.2) is 0 Å². The number of ether oxygens (including phenoxy) is 1. The van der Waals surface area contributed by atoms with Crippen LogP contribution in [0.2, 0.25) is 0 Å². The third-order valence-electron chi connectivity index (χ3n) is 4.48. The number of hydrogen-bond donors (Lipinski definition) is 0. The molecule has 0 saturated heterocycles. The number of carbonyl (C=O) groups is 1. The molecule has 0 spiro atoms. The highest BCUT2D eigenvalue weighted by Crippen LogP contribution is 2.46. The highest BCUT2D eigenvalue weighted by atomic mass is 16.6. The Morgan fingerprint density at radius 2 is 2.15 bits per heavy atom. The van der Waals surface area contributed by atoms with E-state index in [0.29, 0.717) is 11.8 Å². The molecular formula is C17H23NO2. The molecule has 3 heteroatoms. The van der Waals surface area contributed by atoms with Crippen molar-refractivity contribution in [2.24, 2.45) is 11.8 Å². The molecule has 2 atom stereocenters. The van der Waals surface area contributed by atoms with E-state index in [2.05, 4.69) is 12.2 Å². The molecule has 0 aromatic rings. The van der Waals surface area contributed by atoms with E-state index in [4.69, 9.17) is 4.74 Å². The summed E-state index contributed by atoms with van der Waals surface area (Å²) < 4.78 is 5.42. The third kappa shape index (κ3) is 2.41. The number of fused-ring (bicyclic) bond motifs is 2. The molecule has 1 amide bonds. The lowest BCUT2D eigenvalue weighted by atomic mass is 9.81. The van der Waals surface area contributed by atoms with E-state index in [-0.39, 0.29) is 12.2 Å². The monoisotopic (exact) mass is 273 g/mol. The molecule has 1 saturated carbocycles. The Morgan fingerprint density at radius 1 is 1.30 bits per heavy atom. The average Bonchev–Trinajstić information content (AvgIpc) is 2.76. The van der Waals surface area contributed by atoms with Crippen molar-refractivity contribution >= 4 is 6.09 Å². The van der Waals surface area contributed by atoms with Crippen LogP contribution in [-0.2, 0) is 4.74 Å². The van der Waals surface area contributed by atoms with Crippen LogP contribution in [-0.4, -0.2) is 17.1 Å². The molecular weight excluding hydrogens is 250 g/mol. The van der Waals surface area contributed by atoms with Gasteiger partial charge in [-0.15, -0.1) is 0 Å². The summed E-state index contributed by atoms with van der Waals surface area (Å²) in [7, 11) is 0. The summed E-state index contributed by atoms with van der Waals surface area (Å²) in [5.74, 6) is 1.06. The summed E-state index contributed by atoms with van der Waals surface area (Å²) in [6.07, 6.45) is 13.9. The first kappa shape index (κ1) is 13.5. The second-order valence-corrected chi connectivity index (χ2v) is 6.21. The van der Waals surface area contributed by atoms with Crippen molar-refractivity contribution in [3.05, 3.63) is 35.7 Å². The van der Waals surface area contributed by atoms with Crippen LogP contribution in [0.5, 0.6) is 0 Å². The van der Waals surface area contributed by atoms with Crippen molar-refractivity contribution < 1.29 is 9.53 Å². The third-order valence-corrected chi connectivity index (χ3v) is 4.48. The van der Waals surface area contributed by atoms with Gasteiger partial charge in [-0.25, -0.2) is 4.79 Å². The molecule has 2 aliphatic carbocycles. The molecule has 0 aromatic carbocycles. The summed E-state index contributed by atoms with van der Waals surface area (Å²) in [5.41, 5.74) is 2.70.